The van der Waals surface area contributed by atoms with Crippen molar-refractivity contribution in [1.29, 1.82) is 0 Å². The number of thiophene rings is 1. The topological polar surface area (TPSA) is 64.6 Å². The van der Waals surface area contributed by atoms with Gasteiger partial charge in [-0.3, -0.25) is 9.59 Å². The first kappa shape index (κ1) is 17.8. The molecule has 1 fully saturated rings. The highest BCUT2D eigenvalue weighted by molar-refractivity contribution is 7.15. The Kier molecular flexibility index (Phi) is 5.96. The molecule has 0 unspecified atom stereocenters. The fourth-order valence-corrected chi connectivity index (χ4v) is 3.51. The number of carbonyl (C=O) groups is 2. The molecule has 1 aromatic heterocycles. The molecule has 0 saturated carbocycles. The van der Waals surface area contributed by atoms with Crippen LogP contribution < -0.4 is 5.32 Å². The number of ketones is 1. The summed E-state index contributed by atoms with van der Waals surface area (Å²) in [5, 5.41) is 3.03. The van der Waals surface area contributed by atoms with Crippen molar-refractivity contribution in [1.82, 2.24) is 5.32 Å². The molecular formula is C19H21NO4S. The first-order chi connectivity index (χ1) is 12.1. The highest BCUT2D eigenvalue weighted by Crippen LogP contribution is 2.19. The van der Waals surface area contributed by atoms with Crippen LogP contribution in [0.15, 0.2) is 42.5 Å². The molecule has 25 heavy (non-hydrogen) atoms. The molecule has 132 valence electrons. The molecule has 2 heterocycles. The van der Waals surface area contributed by atoms with Gasteiger partial charge in [-0.2, -0.15) is 0 Å². The van der Waals surface area contributed by atoms with Gasteiger partial charge in [-0.1, -0.05) is 30.3 Å². The largest absolute Gasteiger partial charge is 0.379 e. The normalized spacial score (nSPS) is 20.2. The van der Waals surface area contributed by atoms with Crippen molar-refractivity contribution in [2.75, 3.05) is 13.2 Å². The minimum absolute atomic E-state index is 0.0285. The van der Waals surface area contributed by atoms with Crippen molar-refractivity contribution < 1.29 is 19.1 Å². The lowest BCUT2D eigenvalue weighted by Gasteiger charge is -2.32. The molecule has 2 aromatic rings. The van der Waals surface area contributed by atoms with E-state index in [0.29, 0.717) is 36.0 Å². The van der Waals surface area contributed by atoms with E-state index in [2.05, 4.69) is 5.32 Å². The fourth-order valence-electron chi connectivity index (χ4n) is 2.71. The molecule has 0 spiro atoms. The Morgan fingerprint density at radius 1 is 1.20 bits per heavy atom. The standard InChI is InChI=1S/C19H21NO4S/c1-13(21)17-7-8-18(25-17)19(22)20-15-9-10-23-12-16(15)24-11-14-5-3-2-4-6-14/h2-8,15-16H,9-12H2,1H3,(H,20,22)/t15-,16-/m1/s1. The monoisotopic (exact) mass is 359 g/mol. The van der Waals surface area contributed by atoms with Crippen LogP contribution in [-0.2, 0) is 16.1 Å². The summed E-state index contributed by atoms with van der Waals surface area (Å²) in [4.78, 5) is 25.0. The van der Waals surface area contributed by atoms with E-state index in [-0.39, 0.29) is 23.8 Å². The van der Waals surface area contributed by atoms with Crippen LogP contribution in [0.4, 0.5) is 0 Å². The smallest absolute Gasteiger partial charge is 0.261 e. The predicted octanol–water partition coefficient (Wildman–Crippen LogP) is 3.05. The molecule has 1 N–H and O–H groups in total. The Morgan fingerprint density at radius 3 is 2.68 bits per heavy atom. The van der Waals surface area contributed by atoms with Gasteiger partial charge in [-0.15, -0.1) is 11.3 Å². The summed E-state index contributed by atoms with van der Waals surface area (Å²) in [7, 11) is 0. The van der Waals surface area contributed by atoms with Crippen molar-refractivity contribution in [3.63, 3.8) is 0 Å². The number of ether oxygens (including phenoxy) is 2. The fraction of sp³-hybridized carbons (Fsp3) is 0.368. The Morgan fingerprint density at radius 2 is 1.96 bits per heavy atom. The highest BCUT2D eigenvalue weighted by Gasteiger charge is 2.28. The van der Waals surface area contributed by atoms with E-state index >= 15 is 0 Å². The van der Waals surface area contributed by atoms with E-state index < -0.39 is 0 Å². The molecule has 1 amide bonds. The number of nitrogens with one attached hydrogen (secondary N) is 1. The summed E-state index contributed by atoms with van der Waals surface area (Å²) in [5.41, 5.74) is 1.09. The van der Waals surface area contributed by atoms with Gasteiger partial charge >= 0.3 is 0 Å². The van der Waals surface area contributed by atoms with Crippen LogP contribution in [0.5, 0.6) is 0 Å². The molecule has 3 rings (SSSR count). The molecule has 1 saturated heterocycles. The van der Waals surface area contributed by atoms with Crippen molar-refractivity contribution in [3.05, 3.63) is 57.8 Å². The SMILES string of the molecule is CC(=O)c1ccc(C(=O)N[C@@H]2CCOC[C@H]2OCc2ccccc2)s1. The van der Waals surface area contributed by atoms with Gasteiger partial charge in [-0.25, -0.2) is 0 Å². The summed E-state index contributed by atoms with van der Waals surface area (Å²) < 4.78 is 11.5. The third kappa shape index (κ3) is 4.75. The second-order valence-corrected chi connectivity index (χ2v) is 7.08. The van der Waals surface area contributed by atoms with Gasteiger partial charge < -0.3 is 14.8 Å². The van der Waals surface area contributed by atoms with Crippen LogP contribution in [0.25, 0.3) is 0 Å². The predicted molar refractivity (Wildman–Crippen MR) is 96.0 cm³/mol. The summed E-state index contributed by atoms with van der Waals surface area (Å²) in [6.45, 7) is 3.04. The molecule has 2 atom stereocenters. The van der Waals surface area contributed by atoms with Crippen molar-refractivity contribution in [3.8, 4) is 0 Å². The minimum Gasteiger partial charge on any atom is -0.379 e. The molecule has 1 aliphatic rings. The Labute approximate surface area is 151 Å². The minimum atomic E-state index is -0.190. The lowest BCUT2D eigenvalue weighted by molar-refractivity contribution is -0.0735. The Bertz CT molecular complexity index is 728. The number of hydrogen-bond donors (Lipinski definition) is 1. The zero-order valence-corrected chi connectivity index (χ0v) is 14.9. The molecule has 0 bridgehead atoms. The lowest BCUT2D eigenvalue weighted by Crippen LogP contribution is -2.49. The van der Waals surface area contributed by atoms with E-state index in [0.717, 1.165) is 5.56 Å². The zero-order valence-electron chi connectivity index (χ0n) is 14.1. The van der Waals surface area contributed by atoms with E-state index in [9.17, 15) is 9.59 Å². The van der Waals surface area contributed by atoms with Crippen molar-refractivity contribution >= 4 is 23.0 Å². The maximum atomic E-state index is 12.5. The average molecular weight is 359 g/mol. The van der Waals surface area contributed by atoms with Crippen molar-refractivity contribution in [2.45, 2.75) is 32.1 Å². The molecular weight excluding hydrogens is 338 g/mol. The summed E-state index contributed by atoms with van der Waals surface area (Å²) in [5.74, 6) is -0.197. The van der Waals surface area contributed by atoms with Gasteiger partial charge in [0.2, 0.25) is 0 Å². The summed E-state index contributed by atoms with van der Waals surface area (Å²) in [6.07, 6.45) is 0.515. The van der Waals surface area contributed by atoms with Gasteiger partial charge in [-0.05, 0) is 31.0 Å². The van der Waals surface area contributed by atoms with Gasteiger partial charge in [0.15, 0.2) is 5.78 Å². The van der Waals surface area contributed by atoms with Crippen LogP contribution in [0.1, 0.15) is 38.3 Å². The number of Topliss-reactive ketones (excluding diaryl/α,β-unsaturated/α-hetero) is 1. The Balaban J connectivity index is 1.60. The second kappa shape index (κ2) is 8.38. The number of hydrogen-bond acceptors (Lipinski definition) is 5. The molecule has 1 aliphatic heterocycles. The first-order valence-corrected chi connectivity index (χ1v) is 9.10. The van der Waals surface area contributed by atoms with Crippen LogP contribution in [0, 0.1) is 0 Å². The summed E-state index contributed by atoms with van der Waals surface area (Å²) in [6, 6.07) is 13.2. The lowest BCUT2D eigenvalue weighted by atomic mass is 10.1. The highest BCUT2D eigenvalue weighted by atomic mass is 32.1. The summed E-state index contributed by atoms with van der Waals surface area (Å²) >= 11 is 1.22. The van der Waals surface area contributed by atoms with Gasteiger partial charge in [0.25, 0.3) is 5.91 Å². The quantitative estimate of drug-likeness (QED) is 0.805. The van der Waals surface area contributed by atoms with Crippen molar-refractivity contribution in [2.24, 2.45) is 0 Å². The molecule has 6 heteroatoms. The molecule has 0 aliphatic carbocycles. The second-order valence-electron chi connectivity index (χ2n) is 6.00. The number of carbonyl (C=O) groups excluding carboxylic acids is 2. The zero-order chi connectivity index (χ0) is 17.6. The van der Waals surface area contributed by atoms with E-state index in [1.165, 1.54) is 18.3 Å². The van der Waals surface area contributed by atoms with Crippen LogP contribution in [0.3, 0.4) is 0 Å². The van der Waals surface area contributed by atoms with Crippen LogP contribution in [-0.4, -0.2) is 37.0 Å². The van der Waals surface area contributed by atoms with Gasteiger partial charge in [0.05, 0.1) is 29.0 Å². The van der Waals surface area contributed by atoms with Gasteiger partial charge in [0, 0.05) is 6.61 Å². The van der Waals surface area contributed by atoms with Crippen LogP contribution in [0.2, 0.25) is 0 Å². The first-order valence-electron chi connectivity index (χ1n) is 8.28. The van der Waals surface area contributed by atoms with Crippen LogP contribution >= 0.6 is 11.3 Å². The Hall–Kier alpha value is -2.02. The molecule has 0 radical (unpaired) electrons. The number of amides is 1. The van der Waals surface area contributed by atoms with E-state index in [1.807, 2.05) is 30.3 Å². The average Bonchev–Trinajstić information content (AvgIpc) is 3.12. The number of rotatable bonds is 6. The third-order valence-electron chi connectivity index (χ3n) is 4.10. The molecule has 5 nitrogen and oxygen atoms in total. The maximum Gasteiger partial charge on any atom is 0.261 e. The van der Waals surface area contributed by atoms with E-state index in [4.69, 9.17) is 9.47 Å². The maximum absolute atomic E-state index is 12.5. The number of benzene rings is 1. The third-order valence-corrected chi connectivity index (χ3v) is 5.29. The van der Waals surface area contributed by atoms with E-state index in [1.54, 1.807) is 12.1 Å². The van der Waals surface area contributed by atoms with Gasteiger partial charge in [0.1, 0.15) is 6.10 Å². The molecule has 1 aromatic carbocycles.